The minimum Gasteiger partial charge on any atom is -0.392 e. The lowest BCUT2D eigenvalue weighted by molar-refractivity contribution is 0.282. The molecule has 4 nitrogen and oxygen atoms in total. The minimum atomic E-state index is -3.74. The number of sulfonamides is 1. The van der Waals surface area contributed by atoms with Crippen LogP contribution in [0.1, 0.15) is 5.56 Å². The highest BCUT2D eigenvalue weighted by molar-refractivity contribution is 7.89. The number of hydrogen-bond acceptors (Lipinski definition) is 3. The summed E-state index contributed by atoms with van der Waals surface area (Å²) in [5.41, 5.74) is 0.656. The van der Waals surface area contributed by atoms with E-state index in [2.05, 4.69) is 0 Å². The Morgan fingerprint density at radius 3 is 2.56 bits per heavy atom. The maximum atomic E-state index is 11.4. The van der Waals surface area contributed by atoms with Gasteiger partial charge >= 0.3 is 0 Å². The Balaban J connectivity index is 2.85. The molecular weight excluding hydrogens is 226 g/mol. The SMILES string of the molecule is NS(=O)(=O)c1cccc2ccc(CO)cc12. The van der Waals surface area contributed by atoms with Gasteiger partial charge in [-0.1, -0.05) is 24.3 Å². The zero-order valence-corrected chi connectivity index (χ0v) is 9.24. The number of benzene rings is 2. The van der Waals surface area contributed by atoms with E-state index in [0.717, 1.165) is 5.39 Å². The first kappa shape index (κ1) is 11.1. The number of nitrogens with two attached hydrogens (primary N) is 1. The van der Waals surface area contributed by atoms with Gasteiger partial charge in [0.15, 0.2) is 0 Å². The minimum absolute atomic E-state index is 0.0836. The summed E-state index contributed by atoms with van der Waals surface area (Å²) in [5.74, 6) is 0. The normalized spacial score (nSPS) is 11.9. The van der Waals surface area contributed by atoms with Crippen molar-refractivity contribution >= 4 is 20.8 Å². The van der Waals surface area contributed by atoms with Crippen molar-refractivity contribution in [2.45, 2.75) is 11.5 Å². The molecule has 2 aromatic rings. The van der Waals surface area contributed by atoms with Crippen molar-refractivity contribution in [3.63, 3.8) is 0 Å². The molecule has 0 aromatic heterocycles. The zero-order chi connectivity index (χ0) is 11.8. The molecule has 2 aromatic carbocycles. The fraction of sp³-hybridized carbons (Fsp3) is 0.0909. The molecule has 0 saturated heterocycles. The van der Waals surface area contributed by atoms with E-state index >= 15 is 0 Å². The second-order valence-corrected chi connectivity index (χ2v) is 5.04. The molecule has 0 aliphatic heterocycles. The van der Waals surface area contributed by atoms with E-state index in [0.29, 0.717) is 10.9 Å². The average Bonchev–Trinajstić information content (AvgIpc) is 2.26. The highest BCUT2D eigenvalue weighted by Gasteiger charge is 2.11. The Bertz CT molecular complexity index is 635. The van der Waals surface area contributed by atoms with E-state index < -0.39 is 10.0 Å². The van der Waals surface area contributed by atoms with Crippen molar-refractivity contribution in [2.24, 2.45) is 5.14 Å². The van der Waals surface area contributed by atoms with E-state index in [4.69, 9.17) is 10.2 Å². The van der Waals surface area contributed by atoms with Gasteiger partial charge in [-0.25, -0.2) is 13.6 Å². The van der Waals surface area contributed by atoms with Crippen LogP contribution in [0.3, 0.4) is 0 Å². The predicted molar refractivity (Wildman–Crippen MR) is 61.2 cm³/mol. The number of fused-ring (bicyclic) bond motifs is 1. The third-order valence-electron chi connectivity index (χ3n) is 2.40. The van der Waals surface area contributed by atoms with Crippen LogP contribution in [0, 0.1) is 0 Å². The topological polar surface area (TPSA) is 80.4 Å². The van der Waals surface area contributed by atoms with Crippen LogP contribution in [0.25, 0.3) is 10.8 Å². The number of aliphatic hydroxyl groups excluding tert-OH is 1. The van der Waals surface area contributed by atoms with E-state index in [9.17, 15) is 8.42 Å². The molecule has 0 aliphatic carbocycles. The van der Waals surface area contributed by atoms with E-state index in [1.165, 1.54) is 6.07 Å². The Morgan fingerprint density at radius 2 is 1.94 bits per heavy atom. The van der Waals surface area contributed by atoms with Gasteiger partial charge in [0.1, 0.15) is 0 Å². The standard InChI is InChI=1S/C11H11NO3S/c12-16(14,15)11-3-1-2-9-5-4-8(7-13)6-10(9)11/h1-6,13H,7H2,(H2,12,14,15). The van der Waals surface area contributed by atoms with Gasteiger partial charge in [0, 0.05) is 5.39 Å². The molecule has 84 valence electrons. The number of rotatable bonds is 2. The molecule has 16 heavy (non-hydrogen) atoms. The summed E-state index contributed by atoms with van der Waals surface area (Å²) in [6.07, 6.45) is 0. The van der Waals surface area contributed by atoms with Crippen LogP contribution in [0.4, 0.5) is 0 Å². The molecule has 0 radical (unpaired) electrons. The van der Waals surface area contributed by atoms with Crippen molar-refractivity contribution in [3.8, 4) is 0 Å². The summed E-state index contributed by atoms with van der Waals surface area (Å²) >= 11 is 0. The lowest BCUT2D eigenvalue weighted by atomic mass is 10.1. The maximum Gasteiger partial charge on any atom is 0.238 e. The second-order valence-electron chi connectivity index (χ2n) is 3.51. The van der Waals surface area contributed by atoms with Crippen LogP contribution in [0.2, 0.25) is 0 Å². The van der Waals surface area contributed by atoms with Crippen LogP contribution >= 0.6 is 0 Å². The highest BCUT2D eigenvalue weighted by Crippen LogP contribution is 2.23. The van der Waals surface area contributed by atoms with E-state index in [-0.39, 0.29) is 11.5 Å². The molecule has 5 heteroatoms. The summed E-state index contributed by atoms with van der Waals surface area (Å²) in [5, 5.41) is 15.5. The predicted octanol–water partition coefficient (Wildman–Crippen LogP) is 0.980. The number of hydrogen-bond donors (Lipinski definition) is 2. The molecule has 0 heterocycles. The van der Waals surface area contributed by atoms with Crippen molar-refractivity contribution in [2.75, 3.05) is 0 Å². The molecule has 0 atom stereocenters. The van der Waals surface area contributed by atoms with Gasteiger partial charge in [0.25, 0.3) is 0 Å². The van der Waals surface area contributed by atoms with Gasteiger partial charge in [0.2, 0.25) is 10.0 Å². The largest absolute Gasteiger partial charge is 0.392 e. The van der Waals surface area contributed by atoms with Crippen molar-refractivity contribution in [3.05, 3.63) is 42.0 Å². The first-order valence-corrected chi connectivity index (χ1v) is 6.22. The molecule has 0 aliphatic rings. The number of aliphatic hydroxyl groups is 1. The second kappa shape index (κ2) is 3.86. The lowest BCUT2D eigenvalue weighted by Gasteiger charge is -2.05. The fourth-order valence-electron chi connectivity index (χ4n) is 1.64. The third kappa shape index (κ3) is 1.92. The van der Waals surface area contributed by atoms with Crippen LogP contribution < -0.4 is 5.14 Å². The summed E-state index contributed by atoms with van der Waals surface area (Å²) < 4.78 is 22.7. The van der Waals surface area contributed by atoms with Gasteiger partial charge in [0.05, 0.1) is 11.5 Å². The molecule has 0 fully saturated rings. The molecular formula is C11H11NO3S. The molecule has 0 bridgehead atoms. The number of primary sulfonamides is 1. The summed E-state index contributed by atoms with van der Waals surface area (Å²) in [6.45, 7) is -0.130. The zero-order valence-electron chi connectivity index (χ0n) is 8.42. The smallest absolute Gasteiger partial charge is 0.238 e. The van der Waals surface area contributed by atoms with Crippen LogP contribution in [0.15, 0.2) is 41.3 Å². The average molecular weight is 237 g/mol. The molecule has 2 rings (SSSR count). The molecule has 3 N–H and O–H groups in total. The van der Waals surface area contributed by atoms with Crippen LogP contribution in [-0.4, -0.2) is 13.5 Å². The Morgan fingerprint density at radius 1 is 1.19 bits per heavy atom. The van der Waals surface area contributed by atoms with Crippen LogP contribution in [0.5, 0.6) is 0 Å². The van der Waals surface area contributed by atoms with Gasteiger partial charge in [-0.05, 0) is 23.1 Å². The van der Waals surface area contributed by atoms with Crippen molar-refractivity contribution in [1.82, 2.24) is 0 Å². The third-order valence-corrected chi connectivity index (χ3v) is 3.36. The van der Waals surface area contributed by atoms with Gasteiger partial charge in [-0.15, -0.1) is 0 Å². The van der Waals surface area contributed by atoms with Gasteiger partial charge in [-0.3, -0.25) is 0 Å². The molecule has 0 spiro atoms. The van der Waals surface area contributed by atoms with Gasteiger partial charge < -0.3 is 5.11 Å². The maximum absolute atomic E-state index is 11.4. The molecule has 0 amide bonds. The van der Waals surface area contributed by atoms with Crippen molar-refractivity contribution < 1.29 is 13.5 Å². The first-order valence-electron chi connectivity index (χ1n) is 4.67. The highest BCUT2D eigenvalue weighted by atomic mass is 32.2. The molecule has 0 unspecified atom stereocenters. The molecule has 0 saturated carbocycles. The van der Waals surface area contributed by atoms with E-state index in [1.807, 2.05) is 0 Å². The van der Waals surface area contributed by atoms with E-state index in [1.54, 1.807) is 30.3 Å². The van der Waals surface area contributed by atoms with Crippen LogP contribution in [-0.2, 0) is 16.6 Å². The Kier molecular flexibility index (Phi) is 2.67. The quantitative estimate of drug-likeness (QED) is 0.817. The monoisotopic (exact) mass is 237 g/mol. The van der Waals surface area contributed by atoms with Crippen molar-refractivity contribution in [1.29, 1.82) is 0 Å². The summed E-state index contributed by atoms with van der Waals surface area (Å²) in [4.78, 5) is 0.0836. The van der Waals surface area contributed by atoms with Gasteiger partial charge in [-0.2, -0.15) is 0 Å². The summed E-state index contributed by atoms with van der Waals surface area (Å²) in [6, 6.07) is 10.0. The Hall–Kier alpha value is -1.43. The Labute approximate surface area is 93.4 Å². The first-order chi connectivity index (χ1) is 7.52. The summed E-state index contributed by atoms with van der Waals surface area (Å²) in [7, 11) is -3.74. The lowest BCUT2D eigenvalue weighted by Crippen LogP contribution is -2.12. The fourth-order valence-corrected chi connectivity index (χ4v) is 2.39.